The van der Waals surface area contributed by atoms with Crippen molar-refractivity contribution in [1.29, 1.82) is 0 Å². The van der Waals surface area contributed by atoms with E-state index in [2.05, 4.69) is 26.5 Å². The van der Waals surface area contributed by atoms with Crippen LogP contribution in [0.5, 0.6) is 0 Å². The van der Waals surface area contributed by atoms with Gasteiger partial charge in [0.25, 0.3) is 0 Å². The molecule has 0 aliphatic carbocycles. The third kappa shape index (κ3) is 4.83. The minimum Gasteiger partial charge on any atom is -0.273 e. The number of aryl methyl sites for hydroxylation is 2. The molecular weight excluding hydrogens is 328 g/mol. The highest BCUT2D eigenvalue weighted by Gasteiger charge is 2.05. The second-order valence-corrected chi connectivity index (χ2v) is 5.87. The molecule has 0 spiro atoms. The summed E-state index contributed by atoms with van der Waals surface area (Å²) >= 11 is 3.37. The predicted octanol–water partition coefficient (Wildman–Crippen LogP) is 3.76. The lowest BCUT2D eigenvalue weighted by Gasteiger charge is -2.06. The zero-order chi connectivity index (χ0) is 15.2. The molecular formula is C17H17BrN2O. The van der Waals surface area contributed by atoms with E-state index in [1.165, 1.54) is 0 Å². The molecule has 0 unspecified atom stereocenters. The van der Waals surface area contributed by atoms with E-state index < -0.39 is 0 Å². The molecule has 2 aromatic carbocycles. The summed E-state index contributed by atoms with van der Waals surface area (Å²) in [5.41, 5.74) is 6.80. The van der Waals surface area contributed by atoms with Crippen LogP contribution in [0, 0.1) is 13.8 Å². The van der Waals surface area contributed by atoms with Gasteiger partial charge in [0.15, 0.2) is 0 Å². The molecule has 0 aromatic heterocycles. The number of carbonyl (C=O) groups is 1. The Labute approximate surface area is 133 Å². The lowest BCUT2D eigenvalue weighted by Crippen LogP contribution is -2.20. The van der Waals surface area contributed by atoms with Crippen LogP contribution in [0.1, 0.15) is 22.3 Å². The average Bonchev–Trinajstić information content (AvgIpc) is 2.45. The molecule has 1 N–H and O–H groups in total. The van der Waals surface area contributed by atoms with Gasteiger partial charge in [-0.3, -0.25) is 4.79 Å². The van der Waals surface area contributed by atoms with Crippen LogP contribution in [-0.4, -0.2) is 12.1 Å². The number of hydrogen-bond acceptors (Lipinski definition) is 2. The smallest absolute Gasteiger partial charge is 0.244 e. The Morgan fingerprint density at radius 3 is 2.62 bits per heavy atom. The Balaban J connectivity index is 1.93. The maximum atomic E-state index is 11.9. The third-order valence-corrected chi connectivity index (χ3v) is 3.66. The fraction of sp³-hybridized carbons (Fsp3) is 0.176. The van der Waals surface area contributed by atoms with E-state index in [0.29, 0.717) is 6.42 Å². The van der Waals surface area contributed by atoms with Crippen LogP contribution in [0.4, 0.5) is 0 Å². The number of amides is 1. The van der Waals surface area contributed by atoms with Crippen molar-refractivity contribution >= 4 is 28.1 Å². The van der Waals surface area contributed by atoms with E-state index in [9.17, 15) is 4.79 Å². The number of carbonyl (C=O) groups excluding carboxylic acids is 1. The van der Waals surface area contributed by atoms with E-state index in [1.54, 1.807) is 6.21 Å². The molecule has 2 rings (SSSR count). The number of benzene rings is 2. The monoisotopic (exact) mass is 344 g/mol. The number of rotatable bonds is 4. The van der Waals surface area contributed by atoms with Crippen LogP contribution in [0.25, 0.3) is 0 Å². The van der Waals surface area contributed by atoms with Crippen molar-refractivity contribution in [2.75, 3.05) is 0 Å². The number of hydrazone groups is 1. The second kappa shape index (κ2) is 7.18. The molecule has 21 heavy (non-hydrogen) atoms. The maximum absolute atomic E-state index is 11.9. The number of nitrogens with zero attached hydrogens (tertiary/aromatic N) is 1. The van der Waals surface area contributed by atoms with Crippen molar-refractivity contribution in [1.82, 2.24) is 5.43 Å². The van der Waals surface area contributed by atoms with Crippen LogP contribution in [0.3, 0.4) is 0 Å². The summed E-state index contributed by atoms with van der Waals surface area (Å²) in [4.78, 5) is 11.9. The second-order valence-electron chi connectivity index (χ2n) is 4.95. The predicted molar refractivity (Wildman–Crippen MR) is 89.5 cm³/mol. The third-order valence-electron chi connectivity index (χ3n) is 3.13. The molecule has 108 valence electrons. The molecule has 0 saturated carbocycles. The Kier molecular flexibility index (Phi) is 5.28. The highest BCUT2D eigenvalue weighted by atomic mass is 79.9. The van der Waals surface area contributed by atoms with Crippen molar-refractivity contribution in [3.05, 3.63) is 69.2 Å². The van der Waals surface area contributed by atoms with Gasteiger partial charge >= 0.3 is 0 Å². The summed E-state index contributed by atoms with van der Waals surface area (Å²) < 4.78 is 1.01. The molecule has 0 saturated heterocycles. The maximum Gasteiger partial charge on any atom is 0.244 e. The van der Waals surface area contributed by atoms with E-state index in [1.807, 2.05) is 56.3 Å². The summed E-state index contributed by atoms with van der Waals surface area (Å²) in [7, 11) is 0. The first-order valence-corrected chi connectivity index (χ1v) is 7.47. The van der Waals surface area contributed by atoms with Crippen LogP contribution in [0.2, 0.25) is 0 Å². The minimum atomic E-state index is -0.114. The largest absolute Gasteiger partial charge is 0.273 e. The van der Waals surface area contributed by atoms with Gasteiger partial charge in [0, 0.05) is 4.47 Å². The van der Waals surface area contributed by atoms with Gasteiger partial charge in [0.1, 0.15) is 0 Å². The Bertz CT molecular complexity index is 663. The van der Waals surface area contributed by atoms with Crippen LogP contribution < -0.4 is 5.43 Å². The van der Waals surface area contributed by atoms with E-state index in [-0.39, 0.29) is 5.91 Å². The minimum absolute atomic E-state index is 0.114. The lowest BCUT2D eigenvalue weighted by molar-refractivity contribution is -0.120. The first-order valence-electron chi connectivity index (χ1n) is 6.68. The Morgan fingerprint density at radius 2 is 1.90 bits per heavy atom. The van der Waals surface area contributed by atoms with Crippen molar-refractivity contribution in [2.24, 2.45) is 5.10 Å². The SMILES string of the molecule is Cc1ccc(C)c(CC(=O)N/N=C/c2ccc(Br)cc2)c1. The topological polar surface area (TPSA) is 41.5 Å². The Hall–Kier alpha value is -1.94. The molecule has 1 amide bonds. The molecule has 0 atom stereocenters. The summed E-state index contributed by atoms with van der Waals surface area (Å²) in [6.45, 7) is 4.03. The fourth-order valence-electron chi connectivity index (χ4n) is 1.93. The molecule has 4 heteroatoms. The van der Waals surface area contributed by atoms with Gasteiger partial charge in [-0.15, -0.1) is 0 Å². The number of nitrogens with one attached hydrogen (secondary N) is 1. The zero-order valence-corrected chi connectivity index (χ0v) is 13.6. The highest BCUT2D eigenvalue weighted by molar-refractivity contribution is 9.10. The summed E-state index contributed by atoms with van der Waals surface area (Å²) in [6, 6.07) is 13.8. The molecule has 0 fully saturated rings. The average molecular weight is 345 g/mol. The van der Waals surface area contributed by atoms with Crippen LogP contribution >= 0.6 is 15.9 Å². The molecule has 3 nitrogen and oxygen atoms in total. The number of hydrogen-bond donors (Lipinski definition) is 1. The Morgan fingerprint density at radius 1 is 1.19 bits per heavy atom. The standard InChI is InChI=1S/C17H17BrN2O/c1-12-3-4-13(2)15(9-12)10-17(21)20-19-11-14-5-7-16(18)8-6-14/h3-9,11H,10H2,1-2H3,(H,20,21)/b19-11+. The first-order chi connectivity index (χ1) is 10.0. The van der Waals surface area contributed by atoms with Crippen molar-refractivity contribution in [2.45, 2.75) is 20.3 Å². The molecule has 0 heterocycles. The molecule has 0 bridgehead atoms. The van der Waals surface area contributed by atoms with E-state index in [0.717, 1.165) is 26.7 Å². The van der Waals surface area contributed by atoms with Gasteiger partial charge in [-0.1, -0.05) is 51.8 Å². The van der Waals surface area contributed by atoms with Crippen molar-refractivity contribution in [3.63, 3.8) is 0 Å². The van der Waals surface area contributed by atoms with Gasteiger partial charge in [-0.25, -0.2) is 5.43 Å². The highest BCUT2D eigenvalue weighted by Crippen LogP contribution is 2.11. The summed E-state index contributed by atoms with van der Waals surface area (Å²) in [5.74, 6) is -0.114. The molecule has 0 aliphatic heterocycles. The van der Waals surface area contributed by atoms with Crippen LogP contribution in [-0.2, 0) is 11.2 Å². The summed E-state index contributed by atoms with van der Waals surface area (Å²) in [6.07, 6.45) is 1.97. The fourth-order valence-corrected chi connectivity index (χ4v) is 2.20. The normalized spacial score (nSPS) is 10.8. The van der Waals surface area contributed by atoms with Gasteiger partial charge in [-0.2, -0.15) is 5.10 Å². The molecule has 0 radical (unpaired) electrons. The van der Waals surface area contributed by atoms with Gasteiger partial charge < -0.3 is 0 Å². The van der Waals surface area contributed by atoms with E-state index >= 15 is 0 Å². The first kappa shape index (κ1) is 15.4. The van der Waals surface area contributed by atoms with Crippen molar-refractivity contribution < 1.29 is 4.79 Å². The van der Waals surface area contributed by atoms with E-state index in [4.69, 9.17) is 0 Å². The molecule has 2 aromatic rings. The zero-order valence-electron chi connectivity index (χ0n) is 12.1. The quantitative estimate of drug-likeness (QED) is 0.665. The van der Waals surface area contributed by atoms with Crippen molar-refractivity contribution in [3.8, 4) is 0 Å². The van der Waals surface area contributed by atoms with Crippen LogP contribution in [0.15, 0.2) is 52.0 Å². The number of halogens is 1. The molecule has 0 aliphatic rings. The summed E-state index contributed by atoms with van der Waals surface area (Å²) in [5, 5.41) is 3.98. The van der Waals surface area contributed by atoms with Gasteiger partial charge in [-0.05, 0) is 42.7 Å². The van der Waals surface area contributed by atoms with Gasteiger partial charge in [0.05, 0.1) is 12.6 Å². The lowest BCUT2D eigenvalue weighted by atomic mass is 10.0. The van der Waals surface area contributed by atoms with Gasteiger partial charge in [0.2, 0.25) is 5.91 Å².